The van der Waals surface area contributed by atoms with Gasteiger partial charge in [-0.15, -0.1) is 0 Å². The highest BCUT2D eigenvalue weighted by Gasteiger charge is 2.17. The number of para-hydroxylation sites is 1. The predicted molar refractivity (Wildman–Crippen MR) is 137 cm³/mol. The molecule has 0 atom stereocenters. The first-order valence-electron chi connectivity index (χ1n) is 12.1. The number of pyridine rings is 1. The molecule has 2 N–H and O–H groups in total. The predicted octanol–water partition coefficient (Wildman–Crippen LogP) is 5.43. The number of aromatic nitrogens is 3. The van der Waals surface area contributed by atoms with Crippen molar-refractivity contribution in [2.45, 2.75) is 65.3 Å². The molecule has 4 rings (SSSR count). The van der Waals surface area contributed by atoms with Gasteiger partial charge in [0.15, 0.2) is 5.82 Å². The smallest absolute Gasteiger partial charge is 0.152 e. The van der Waals surface area contributed by atoms with Gasteiger partial charge in [0, 0.05) is 37.6 Å². The Kier molecular flexibility index (Phi) is 7.36. The average Bonchev–Trinajstić information content (AvgIpc) is 3.20. The van der Waals surface area contributed by atoms with Crippen LogP contribution in [0, 0.1) is 0 Å². The van der Waals surface area contributed by atoms with Gasteiger partial charge in [-0.3, -0.25) is 4.79 Å². The van der Waals surface area contributed by atoms with Crippen LogP contribution in [0.5, 0.6) is 0 Å². The standard InChI is InChI=1S/C28H32N4O2/c1-3-4-9-25-31-26-27(23-7-5-6-8-24(23)30-28(26)29)32(25)18-21-13-11-20(12-14-21)15-17-22(34)16-10-19(2)33/h5-8,11-14H,3-4,9-10,15-18H2,1-2H3,(H2,29,30). The van der Waals surface area contributed by atoms with Crippen molar-refractivity contribution in [3.63, 3.8) is 0 Å². The molecule has 34 heavy (non-hydrogen) atoms. The number of nitrogen functional groups attached to an aromatic ring is 1. The van der Waals surface area contributed by atoms with Crippen LogP contribution >= 0.6 is 0 Å². The monoisotopic (exact) mass is 456 g/mol. The second kappa shape index (κ2) is 10.6. The fourth-order valence-corrected chi connectivity index (χ4v) is 4.32. The molecule has 0 spiro atoms. The summed E-state index contributed by atoms with van der Waals surface area (Å²) < 4.78 is 2.28. The maximum Gasteiger partial charge on any atom is 0.152 e. The molecule has 2 heterocycles. The molecule has 176 valence electrons. The van der Waals surface area contributed by atoms with Gasteiger partial charge in [0.2, 0.25) is 0 Å². The van der Waals surface area contributed by atoms with Gasteiger partial charge in [-0.2, -0.15) is 0 Å². The second-order valence-electron chi connectivity index (χ2n) is 8.99. The number of imidazole rings is 1. The van der Waals surface area contributed by atoms with E-state index < -0.39 is 0 Å². The van der Waals surface area contributed by atoms with E-state index in [-0.39, 0.29) is 11.6 Å². The third-order valence-corrected chi connectivity index (χ3v) is 6.26. The lowest BCUT2D eigenvalue weighted by Crippen LogP contribution is -2.06. The SMILES string of the molecule is CCCCc1nc2c(N)nc3ccccc3c2n1Cc1ccc(CCC(=O)CCC(C)=O)cc1. The molecule has 0 saturated heterocycles. The molecule has 0 aliphatic carbocycles. The van der Waals surface area contributed by atoms with Crippen LogP contribution in [-0.2, 0) is 29.0 Å². The third-order valence-electron chi connectivity index (χ3n) is 6.26. The van der Waals surface area contributed by atoms with Gasteiger partial charge in [-0.1, -0.05) is 55.8 Å². The number of unbranched alkanes of at least 4 members (excludes halogenated alkanes) is 1. The Labute approximate surface area is 200 Å². The molecule has 0 aliphatic rings. The van der Waals surface area contributed by atoms with Gasteiger partial charge in [0.25, 0.3) is 0 Å². The zero-order valence-corrected chi connectivity index (χ0v) is 20.0. The second-order valence-corrected chi connectivity index (χ2v) is 8.99. The van der Waals surface area contributed by atoms with Crippen molar-refractivity contribution in [2.24, 2.45) is 0 Å². The summed E-state index contributed by atoms with van der Waals surface area (Å²) in [5.41, 5.74) is 11.3. The van der Waals surface area contributed by atoms with Crippen molar-refractivity contribution >= 4 is 39.3 Å². The minimum absolute atomic E-state index is 0.0633. The van der Waals surface area contributed by atoms with E-state index in [0.29, 0.717) is 38.0 Å². The number of benzene rings is 2. The fraction of sp³-hybridized carbons (Fsp3) is 0.357. The maximum atomic E-state index is 12.0. The highest BCUT2D eigenvalue weighted by Crippen LogP contribution is 2.30. The highest BCUT2D eigenvalue weighted by atomic mass is 16.1. The third kappa shape index (κ3) is 5.33. The van der Waals surface area contributed by atoms with E-state index in [1.165, 1.54) is 12.5 Å². The molecular weight excluding hydrogens is 424 g/mol. The number of hydrogen-bond donors (Lipinski definition) is 1. The van der Waals surface area contributed by atoms with Crippen LogP contribution in [0.2, 0.25) is 0 Å². The van der Waals surface area contributed by atoms with E-state index in [0.717, 1.165) is 52.6 Å². The Bertz CT molecular complexity index is 1320. The molecule has 0 unspecified atom stereocenters. The number of nitrogens with zero attached hydrogens (tertiary/aromatic N) is 3. The van der Waals surface area contributed by atoms with Crippen molar-refractivity contribution in [1.29, 1.82) is 0 Å². The zero-order chi connectivity index (χ0) is 24.1. The van der Waals surface area contributed by atoms with Crippen LogP contribution in [0.25, 0.3) is 21.9 Å². The molecule has 0 aliphatic heterocycles. The summed E-state index contributed by atoms with van der Waals surface area (Å²) in [6.07, 6.45) is 4.89. The molecular formula is C28H32N4O2. The van der Waals surface area contributed by atoms with E-state index in [1.54, 1.807) is 0 Å². The van der Waals surface area contributed by atoms with Gasteiger partial charge in [-0.25, -0.2) is 9.97 Å². The van der Waals surface area contributed by atoms with E-state index >= 15 is 0 Å². The van der Waals surface area contributed by atoms with Gasteiger partial charge in [0.05, 0.1) is 11.0 Å². The Morgan fingerprint density at radius 1 is 0.912 bits per heavy atom. The highest BCUT2D eigenvalue weighted by molar-refractivity contribution is 6.06. The van der Waals surface area contributed by atoms with Gasteiger partial charge in [0.1, 0.15) is 22.9 Å². The van der Waals surface area contributed by atoms with Crippen molar-refractivity contribution in [3.05, 3.63) is 65.5 Å². The maximum absolute atomic E-state index is 12.0. The summed E-state index contributed by atoms with van der Waals surface area (Å²) in [7, 11) is 0. The van der Waals surface area contributed by atoms with Gasteiger partial charge >= 0.3 is 0 Å². The molecule has 0 radical (unpaired) electrons. The van der Waals surface area contributed by atoms with Crippen LogP contribution in [0.1, 0.15) is 62.9 Å². The number of hydrogen-bond acceptors (Lipinski definition) is 5. The first-order chi connectivity index (χ1) is 16.5. The Hall–Kier alpha value is -3.54. The van der Waals surface area contributed by atoms with Gasteiger partial charge < -0.3 is 15.1 Å². The molecule has 2 aromatic carbocycles. The van der Waals surface area contributed by atoms with Crippen LogP contribution in [0.4, 0.5) is 5.82 Å². The quantitative estimate of drug-likeness (QED) is 0.325. The number of rotatable bonds is 11. The van der Waals surface area contributed by atoms with E-state index in [9.17, 15) is 9.59 Å². The molecule has 4 aromatic rings. The lowest BCUT2D eigenvalue weighted by atomic mass is 10.0. The Morgan fingerprint density at radius 3 is 2.38 bits per heavy atom. The largest absolute Gasteiger partial charge is 0.382 e. The van der Waals surface area contributed by atoms with Crippen LogP contribution in [0.3, 0.4) is 0 Å². The van der Waals surface area contributed by atoms with Crippen molar-refractivity contribution in [1.82, 2.24) is 14.5 Å². The summed E-state index contributed by atoms with van der Waals surface area (Å²) in [5, 5.41) is 1.06. The number of nitrogens with two attached hydrogens (primary N) is 1. The normalized spacial score (nSPS) is 11.4. The average molecular weight is 457 g/mol. The van der Waals surface area contributed by atoms with Gasteiger partial charge in [-0.05, 0) is 37.0 Å². The van der Waals surface area contributed by atoms with Crippen LogP contribution in [-0.4, -0.2) is 26.1 Å². The molecule has 6 nitrogen and oxygen atoms in total. The number of fused-ring (bicyclic) bond motifs is 3. The molecule has 6 heteroatoms. The lowest BCUT2D eigenvalue weighted by molar-refractivity contribution is -0.123. The number of anilines is 1. The van der Waals surface area contributed by atoms with Crippen LogP contribution in [0.15, 0.2) is 48.5 Å². The van der Waals surface area contributed by atoms with Crippen molar-refractivity contribution in [2.75, 3.05) is 5.73 Å². The van der Waals surface area contributed by atoms with Crippen LogP contribution < -0.4 is 5.73 Å². The summed E-state index contributed by atoms with van der Waals surface area (Å²) in [6.45, 7) is 4.40. The molecule has 0 fully saturated rings. The molecule has 0 saturated carbocycles. The molecule has 0 bridgehead atoms. The minimum Gasteiger partial charge on any atom is -0.382 e. The van der Waals surface area contributed by atoms with Crippen molar-refractivity contribution in [3.8, 4) is 0 Å². The summed E-state index contributed by atoms with van der Waals surface area (Å²) in [4.78, 5) is 32.6. The first kappa shape index (κ1) is 23.6. The molecule has 0 amide bonds. The first-order valence-corrected chi connectivity index (χ1v) is 12.1. The van der Waals surface area contributed by atoms with E-state index in [1.807, 2.05) is 18.2 Å². The summed E-state index contributed by atoms with van der Waals surface area (Å²) in [5.74, 6) is 1.70. The zero-order valence-electron chi connectivity index (χ0n) is 20.0. The minimum atomic E-state index is 0.0633. The molecule has 2 aromatic heterocycles. The topological polar surface area (TPSA) is 90.9 Å². The lowest BCUT2D eigenvalue weighted by Gasteiger charge is -2.12. The fourth-order valence-electron chi connectivity index (χ4n) is 4.32. The van der Waals surface area contributed by atoms with Crippen molar-refractivity contribution < 1.29 is 9.59 Å². The number of ketones is 2. The summed E-state index contributed by atoms with van der Waals surface area (Å²) in [6, 6.07) is 16.5. The number of carbonyl (C=O) groups is 2. The number of Topliss-reactive ketones (excluding diaryl/α,β-unsaturated/α-hetero) is 2. The number of aryl methyl sites for hydroxylation is 2. The summed E-state index contributed by atoms with van der Waals surface area (Å²) >= 11 is 0. The Morgan fingerprint density at radius 2 is 1.65 bits per heavy atom. The number of carbonyl (C=O) groups excluding carboxylic acids is 2. The Balaban J connectivity index is 1.59. The van der Waals surface area contributed by atoms with E-state index in [2.05, 4.69) is 46.8 Å². The van der Waals surface area contributed by atoms with E-state index in [4.69, 9.17) is 10.7 Å².